The van der Waals surface area contributed by atoms with E-state index in [1.165, 1.54) is 9.21 Å². The number of nitrogens with one attached hydrogen (secondary N) is 1. The molecule has 1 N–H and O–H groups in total. The number of rotatable bonds is 3. The number of nitrogens with zero attached hydrogens (tertiary/aromatic N) is 2. The predicted octanol–water partition coefficient (Wildman–Crippen LogP) is 1.15. The zero-order valence-corrected chi connectivity index (χ0v) is 14.6. The maximum atomic E-state index is 12.6. The molecule has 2 heterocycles. The number of halogens is 1. The normalized spacial score (nSPS) is 20.8. The van der Waals surface area contributed by atoms with E-state index in [0.717, 1.165) is 4.47 Å². The highest BCUT2D eigenvalue weighted by Crippen LogP contribution is 2.25. The number of amides is 3. The summed E-state index contributed by atoms with van der Waals surface area (Å²) in [6.45, 7) is 0.608. The van der Waals surface area contributed by atoms with Crippen LogP contribution in [0, 0.1) is 0 Å². The Bertz CT molecular complexity index is 711. The van der Waals surface area contributed by atoms with E-state index in [0.29, 0.717) is 25.9 Å². The first-order valence-electron chi connectivity index (χ1n) is 7.25. The molecule has 9 heteroatoms. The predicted molar refractivity (Wildman–Crippen MR) is 86.2 cm³/mol. The van der Waals surface area contributed by atoms with Gasteiger partial charge in [-0.15, -0.1) is 0 Å². The highest BCUT2D eigenvalue weighted by molar-refractivity contribution is 9.10. The Morgan fingerprint density at radius 2 is 1.70 bits per heavy atom. The molecule has 2 aliphatic rings. The molecule has 0 atom stereocenters. The van der Waals surface area contributed by atoms with Crippen molar-refractivity contribution in [3.63, 3.8) is 0 Å². The smallest absolute Gasteiger partial charge is 0.324 e. The van der Waals surface area contributed by atoms with Gasteiger partial charge in [0.05, 0.1) is 11.4 Å². The molecule has 3 rings (SSSR count). The van der Waals surface area contributed by atoms with Crippen LogP contribution in [0.3, 0.4) is 0 Å². The molecule has 0 aromatic heterocycles. The number of imide groups is 1. The lowest BCUT2D eigenvalue weighted by Crippen LogP contribution is -2.48. The second-order valence-electron chi connectivity index (χ2n) is 5.51. The Morgan fingerprint density at radius 1 is 1.09 bits per heavy atom. The molecule has 124 valence electrons. The van der Waals surface area contributed by atoms with Gasteiger partial charge in [0, 0.05) is 23.6 Å². The van der Waals surface area contributed by atoms with Gasteiger partial charge in [-0.05, 0) is 37.1 Å². The average Bonchev–Trinajstić information content (AvgIpc) is 2.87. The van der Waals surface area contributed by atoms with Crippen molar-refractivity contribution >= 4 is 37.9 Å². The van der Waals surface area contributed by atoms with Gasteiger partial charge in [-0.2, -0.15) is 4.31 Å². The molecule has 1 aromatic carbocycles. The first-order chi connectivity index (χ1) is 10.9. The molecule has 0 radical (unpaired) electrons. The van der Waals surface area contributed by atoms with Gasteiger partial charge in [0.1, 0.15) is 0 Å². The number of carbonyl (C=O) groups excluding carboxylic acids is 2. The third kappa shape index (κ3) is 3.13. The summed E-state index contributed by atoms with van der Waals surface area (Å²) in [5.41, 5.74) is 0. The van der Waals surface area contributed by atoms with Crippen LogP contribution in [0.25, 0.3) is 0 Å². The van der Waals surface area contributed by atoms with Gasteiger partial charge in [0.15, 0.2) is 0 Å². The topological polar surface area (TPSA) is 86.8 Å². The Labute approximate surface area is 142 Å². The molecule has 2 aliphatic heterocycles. The van der Waals surface area contributed by atoms with Crippen molar-refractivity contribution in [2.24, 2.45) is 0 Å². The fraction of sp³-hybridized carbons (Fsp3) is 0.429. The van der Waals surface area contributed by atoms with Crippen LogP contribution in [0.4, 0.5) is 4.79 Å². The summed E-state index contributed by atoms with van der Waals surface area (Å²) >= 11 is 3.28. The minimum absolute atomic E-state index is 0.0240. The zero-order valence-electron chi connectivity index (χ0n) is 12.2. The van der Waals surface area contributed by atoms with Crippen LogP contribution in [0.15, 0.2) is 33.6 Å². The molecular formula is C14H16BrN3O4S. The van der Waals surface area contributed by atoms with Crippen molar-refractivity contribution in [1.29, 1.82) is 0 Å². The number of benzene rings is 1. The van der Waals surface area contributed by atoms with Crippen LogP contribution in [0.5, 0.6) is 0 Å². The van der Waals surface area contributed by atoms with Crippen LogP contribution >= 0.6 is 15.9 Å². The first-order valence-corrected chi connectivity index (χ1v) is 9.48. The van der Waals surface area contributed by atoms with E-state index in [9.17, 15) is 18.0 Å². The van der Waals surface area contributed by atoms with Crippen molar-refractivity contribution in [2.75, 3.05) is 19.6 Å². The van der Waals surface area contributed by atoms with E-state index in [-0.39, 0.29) is 29.4 Å². The molecule has 23 heavy (non-hydrogen) atoms. The fourth-order valence-electron chi connectivity index (χ4n) is 2.90. The summed E-state index contributed by atoms with van der Waals surface area (Å²) in [7, 11) is -3.54. The molecule has 0 aliphatic carbocycles. The van der Waals surface area contributed by atoms with Gasteiger partial charge in [0.2, 0.25) is 15.9 Å². The summed E-state index contributed by atoms with van der Waals surface area (Å²) in [4.78, 5) is 24.9. The van der Waals surface area contributed by atoms with E-state index in [1.807, 2.05) is 0 Å². The van der Waals surface area contributed by atoms with Crippen molar-refractivity contribution < 1.29 is 18.0 Å². The maximum Gasteiger partial charge on any atom is 0.324 e. The van der Waals surface area contributed by atoms with Crippen molar-refractivity contribution in [1.82, 2.24) is 14.5 Å². The van der Waals surface area contributed by atoms with E-state index < -0.39 is 10.0 Å². The minimum atomic E-state index is -3.54. The standard InChI is InChI=1S/C14H16BrN3O4S/c15-10-1-3-12(4-2-10)23(21,22)17-7-5-11(6-8-17)18-13(19)9-16-14(18)20/h1-4,11H,5-9H2,(H,16,20). The Hall–Kier alpha value is -1.45. The van der Waals surface area contributed by atoms with Crippen molar-refractivity contribution in [3.8, 4) is 0 Å². The van der Waals surface area contributed by atoms with E-state index >= 15 is 0 Å². The Balaban J connectivity index is 1.70. The molecule has 1 aromatic rings. The number of sulfonamides is 1. The summed E-state index contributed by atoms with van der Waals surface area (Å²) in [6.07, 6.45) is 0.907. The monoisotopic (exact) mass is 401 g/mol. The van der Waals surface area contributed by atoms with Crippen molar-refractivity contribution in [2.45, 2.75) is 23.8 Å². The van der Waals surface area contributed by atoms with Crippen LogP contribution in [-0.2, 0) is 14.8 Å². The largest absolute Gasteiger partial charge is 0.329 e. The van der Waals surface area contributed by atoms with Gasteiger partial charge < -0.3 is 5.32 Å². The van der Waals surface area contributed by atoms with Crippen LogP contribution in [-0.4, -0.2) is 55.2 Å². The van der Waals surface area contributed by atoms with Gasteiger partial charge in [-0.1, -0.05) is 15.9 Å². The highest BCUT2D eigenvalue weighted by atomic mass is 79.9. The molecule has 7 nitrogen and oxygen atoms in total. The molecule has 0 unspecified atom stereocenters. The van der Waals surface area contributed by atoms with Gasteiger partial charge in [-0.25, -0.2) is 13.2 Å². The van der Waals surface area contributed by atoms with Crippen LogP contribution in [0.2, 0.25) is 0 Å². The number of hydrogen-bond acceptors (Lipinski definition) is 4. The molecule has 0 bridgehead atoms. The Kier molecular flexibility index (Phi) is 4.43. The van der Waals surface area contributed by atoms with Gasteiger partial charge >= 0.3 is 6.03 Å². The molecule has 0 saturated carbocycles. The summed E-state index contributed by atoms with van der Waals surface area (Å²) in [6, 6.07) is 5.87. The Morgan fingerprint density at radius 3 is 2.22 bits per heavy atom. The van der Waals surface area contributed by atoms with Gasteiger partial charge in [-0.3, -0.25) is 9.69 Å². The minimum Gasteiger partial charge on any atom is -0.329 e. The third-order valence-electron chi connectivity index (χ3n) is 4.12. The number of carbonyl (C=O) groups is 2. The van der Waals surface area contributed by atoms with Crippen LogP contribution in [0.1, 0.15) is 12.8 Å². The van der Waals surface area contributed by atoms with Gasteiger partial charge in [0.25, 0.3) is 0 Å². The first kappa shape index (κ1) is 16.4. The van der Waals surface area contributed by atoms with E-state index in [1.54, 1.807) is 24.3 Å². The summed E-state index contributed by atoms with van der Waals surface area (Å²) in [5.74, 6) is -0.246. The number of piperidine rings is 1. The quantitative estimate of drug-likeness (QED) is 0.769. The second kappa shape index (κ2) is 6.21. The zero-order chi connectivity index (χ0) is 16.6. The number of urea groups is 1. The molecule has 2 saturated heterocycles. The van der Waals surface area contributed by atoms with E-state index in [2.05, 4.69) is 21.2 Å². The lowest BCUT2D eigenvalue weighted by molar-refractivity contribution is -0.127. The van der Waals surface area contributed by atoms with Crippen LogP contribution < -0.4 is 5.32 Å². The summed E-state index contributed by atoms with van der Waals surface area (Å²) < 4.78 is 27.4. The molecular weight excluding hydrogens is 386 g/mol. The SMILES string of the molecule is O=C1CNC(=O)N1C1CCN(S(=O)(=O)c2ccc(Br)cc2)CC1. The summed E-state index contributed by atoms with van der Waals surface area (Å²) in [5, 5.41) is 2.49. The van der Waals surface area contributed by atoms with Crippen molar-refractivity contribution in [3.05, 3.63) is 28.7 Å². The third-order valence-corrected chi connectivity index (χ3v) is 6.56. The lowest BCUT2D eigenvalue weighted by atomic mass is 10.1. The highest BCUT2D eigenvalue weighted by Gasteiger charge is 2.38. The molecule has 2 fully saturated rings. The lowest BCUT2D eigenvalue weighted by Gasteiger charge is -2.34. The maximum absolute atomic E-state index is 12.6. The molecule has 3 amide bonds. The number of hydrogen-bond donors (Lipinski definition) is 1. The molecule has 0 spiro atoms. The second-order valence-corrected chi connectivity index (χ2v) is 8.37. The van der Waals surface area contributed by atoms with E-state index in [4.69, 9.17) is 0 Å². The average molecular weight is 402 g/mol. The fourth-order valence-corrected chi connectivity index (χ4v) is 4.63.